The summed E-state index contributed by atoms with van der Waals surface area (Å²) >= 11 is 1.50. The first kappa shape index (κ1) is 18.5. The molecule has 1 N–H and O–H groups in total. The lowest BCUT2D eigenvalue weighted by molar-refractivity contribution is -0.132. The zero-order valence-electron chi connectivity index (χ0n) is 14.9. The van der Waals surface area contributed by atoms with Crippen molar-refractivity contribution < 1.29 is 14.3 Å². The number of ether oxygens (including phenoxy) is 1. The minimum atomic E-state index is -0.0749. The van der Waals surface area contributed by atoms with Gasteiger partial charge >= 0.3 is 0 Å². The van der Waals surface area contributed by atoms with E-state index in [1.165, 1.54) is 11.3 Å². The van der Waals surface area contributed by atoms with Crippen molar-refractivity contribution >= 4 is 23.2 Å². The normalized spacial score (nSPS) is 16.5. The molecule has 1 atom stereocenters. The molecule has 1 aliphatic heterocycles. The van der Waals surface area contributed by atoms with Crippen molar-refractivity contribution in [2.45, 2.75) is 31.7 Å². The molecule has 5 nitrogen and oxygen atoms in total. The second-order valence-corrected chi connectivity index (χ2v) is 7.17. The van der Waals surface area contributed by atoms with E-state index < -0.39 is 0 Å². The SMILES string of the molecule is COc1cccc(C2CCCN2C(=O)CCCNC(=O)c2ccsc2)c1. The van der Waals surface area contributed by atoms with E-state index in [1.807, 2.05) is 33.9 Å². The van der Waals surface area contributed by atoms with Crippen molar-refractivity contribution in [2.75, 3.05) is 20.2 Å². The van der Waals surface area contributed by atoms with Crippen LogP contribution in [0.5, 0.6) is 5.75 Å². The van der Waals surface area contributed by atoms with E-state index in [9.17, 15) is 9.59 Å². The van der Waals surface area contributed by atoms with E-state index in [0.29, 0.717) is 24.9 Å². The van der Waals surface area contributed by atoms with Gasteiger partial charge in [0.2, 0.25) is 5.91 Å². The van der Waals surface area contributed by atoms with Gasteiger partial charge in [0.15, 0.2) is 0 Å². The third-order valence-electron chi connectivity index (χ3n) is 4.69. The van der Waals surface area contributed by atoms with Gasteiger partial charge < -0.3 is 15.0 Å². The number of rotatable bonds is 7. The highest BCUT2D eigenvalue weighted by molar-refractivity contribution is 7.08. The minimum Gasteiger partial charge on any atom is -0.497 e. The number of amides is 2. The number of nitrogens with zero attached hydrogens (tertiary/aromatic N) is 1. The highest BCUT2D eigenvalue weighted by Crippen LogP contribution is 2.33. The standard InChI is InChI=1S/C20H24N2O3S/c1-25-17-6-2-5-15(13-17)18-7-4-11-22(18)19(23)8-3-10-21-20(24)16-9-12-26-14-16/h2,5-6,9,12-14,18H,3-4,7-8,10-11H2,1H3,(H,21,24). The molecule has 1 aromatic carbocycles. The Kier molecular flexibility index (Phi) is 6.28. The maximum atomic E-state index is 12.6. The van der Waals surface area contributed by atoms with Gasteiger partial charge in [-0.1, -0.05) is 12.1 Å². The number of hydrogen-bond donors (Lipinski definition) is 1. The van der Waals surface area contributed by atoms with Crippen LogP contribution in [0, 0.1) is 0 Å². The van der Waals surface area contributed by atoms with Gasteiger partial charge in [-0.2, -0.15) is 11.3 Å². The molecule has 0 saturated carbocycles. The fourth-order valence-corrected chi connectivity index (χ4v) is 3.98. The monoisotopic (exact) mass is 372 g/mol. The number of carbonyl (C=O) groups is 2. The molecule has 2 amide bonds. The van der Waals surface area contributed by atoms with Gasteiger partial charge in [-0.3, -0.25) is 9.59 Å². The van der Waals surface area contributed by atoms with Gasteiger partial charge in [0, 0.05) is 30.5 Å². The van der Waals surface area contributed by atoms with E-state index in [0.717, 1.165) is 30.7 Å². The molecule has 2 heterocycles. The van der Waals surface area contributed by atoms with Crippen LogP contribution in [0.25, 0.3) is 0 Å². The Bertz CT molecular complexity index is 745. The van der Waals surface area contributed by atoms with Crippen molar-refractivity contribution in [1.82, 2.24) is 10.2 Å². The molecule has 0 radical (unpaired) electrons. The molecular weight excluding hydrogens is 348 g/mol. The van der Waals surface area contributed by atoms with Crippen LogP contribution in [0.1, 0.15) is 47.6 Å². The van der Waals surface area contributed by atoms with Gasteiger partial charge in [0.1, 0.15) is 5.75 Å². The summed E-state index contributed by atoms with van der Waals surface area (Å²) in [7, 11) is 1.65. The summed E-state index contributed by atoms with van der Waals surface area (Å²) < 4.78 is 5.30. The van der Waals surface area contributed by atoms with E-state index >= 15 is 0 Å². The fourth-order valence-electron chi connectivity index (χ4n) is 3.34. The largest absolute Gasteiger partial charge is 0.497 e. The number of thiophene rings is 1. The molecule has 1 fully saturated rings. The van der Waals surface area contributed by atoms with Crippen molar-refractivity contribution in [2.24, 2.45) is 0 Å². The number of likely N-dealkylation sites (tertiary alicyclic amines) is 1. The van der Waals surface area contributed by atoms with Crippen molar-refractivity contribution in [3.63, 3.8) is 0 Å². The van der Waals surface area contributed by atoms with Crippen molar-refractivity contribution in [1.29, 1.82) is 0 Å². The van der Waals surface area contributed by atoms with E-state index in [4.69, 9.17) is 4.74 Å². The van der Waals surface area contributed by atoms with Gasteiger partial charge in [-0.05, 0) is 48.4 Å². The quantitative estimate of drug-likeness (QED) is 0.755. The maximum Gasteiger partial charge on any atom is 0.252 e. The third kappa shape index (κ3) is 4.43. The van der Waals surface area contributed by atoms with E-state index in [-0.39, 0.29) is 17.9 Å². The molecule has 0 bridgehead atoms. The van der Waals surface area contributed by atoms with Crippen LogP contribution in [-0.2, 0) is 4.79 Å². The van der Waals surface area contributed by atoms with Gasteiger partial charge in [0.05, 0.1) is 13.2 Å². The molecule has 3 rings (SSSR count). The van der Waals surface area contributed by atoms with Crippen molar-refractivity contribution in [3.8, 4) is 5.75 Å². The number of benzene rings is 1. The van der Waals surface area contributed by atoms with Crippen LogP contribution in [0.3, 0.4) is 0 Å². The van der Waals surface area contributed by atoms with Gasteiger partial charge in [-0.25, -0.2) is 0 Å². The highest BCUT2D eigenvalue weighted by Gasteiger charge is 2.29. The fraction of sp³-hybridized carbons (Fsp3) is 0.400. The Balaban J connectivity index is 1.49. The average molecular weight is 372 g/mol. The molecule has 1 aromatic heterocycles. The zero-order chi connectivity index (χ0) is 18.4. The summed E-state index contributed by atoms with van der Waals surface area (Å²) in [6.07, 6.45) is 3.09. The predicted molar refractivity (Wildman–Crippen MR) is 103 cm³/mol. The maximum absolute atomic E-state index is 12.6. The third-order valence-corrected chi connectivity index (χ3v) is 5.37. The first-order valence-electron chi connectivity index (χ1n) is 8.93. The lowest BCUT2D eigenvalue weighted by Gasteiger charge is -2.25. The first-order valence-corrected chi connectivity index (χ1v) is 9.87. The molecular formula is C20H24N2O3S. The van der Waals surface area contributed by atoms with Crippen LogP contribution in [-0.4, -0.2) is 36.9 Å². The lowest BCUT2D eigenvalue weighted by Crippen LogP contribution is -2.31. The number of hydrogen-bond acceptors (Lipinski definition) is 4. The Morgan fingerprint density at radius 1 is 1.35 bits per heavy atom. The number of carbonyl (C=O) groups excluding carboxylic acids is 2. The summed E-state index contributed by atoms with van der Waals surface area (Å²) in [5.41, 5.74) is 1.81. The topological polar surface area (TPSA) is 58.6 Å². The van der Waals surface area contributed by atoms with Crippen LogP contribution in [0.15, 0.2) is 41.1 Å². The second-order valence-electron chi connectivity index (χ2n) is 6.39. The Labute approximate surface area is 158 Å². The summed E-state index contributed by atoms with van der Waals surface area (Å²) in [5.74, 6) is 0.896. The van der Waals surface area contributed by atoms with E-state index in [1.54, 1.807) is 13.2 Å². The summed E-state index contributed by atoms with van der Waals surface area (Å²) in [6.45, 7) is 1.31. The average Bonchev–Trinajstić information content (AvgIpc) is 3.36. The highest BCUT2D eigenvalue weighted by atomic mass is 32.1. The first-order chi connectivity index (χ1) is 12.7. The summed E-state index contributed by atoms with van der Waals surface area (Å²) in [4.78, 5) is 26.5. The Morgan fingerprint density at radius 2 is 2.23 bits per heavy atom. The summed E-state index contributed by atoms with van der Waals surface area (Å²) in [6, 6.07) is 9.87. The smallest absolute Gasteiger partial charge is 0.252 e. The van der Waals surface area contributed by atoms with Crippen LogP contribution >= 0.6 is 11.3 Å². The van der Waals surface area contributed by atoms with Crippen LogP contribution in [0.4, 0.5) is 0 Å². The molecule has 0 aliphatic carbocycles. The predicted octanol–water partition coefficient (Wildman–Crippen LogP) is 3.63. The number of methoxy groups -OCH3 is 1. The lowest BCUT2D eigenvalue weighted by atomic mass is 10.0. The second kappa shape index (κ2) is 8.85. The Hall–Kier alpha value is -2.34. The molecule has 1 unspecified atom stereocenters. The molecule has 6 heteroatoms. The molecule has 138 valence electrons. The van der Waals surface area contributed by atoms with Gasteiger partial charge in [0.25, 0.3) is 5.91 Å². The van der Waals surface area contributed by atoms with Crippen LogP contribution < -0.4 is 10.1 Å². The molecule has 26 heavy (non-hydrogen) atoms. The summed E-state index contributed by atoms with van der Waals surface area (Å²) in [5, 5.41) is 6.57. The number of nitrogens with one attached hydrogen (secondary N) is 1. The van der Waals surface area contributed by atoms with E-state index in [2.05, 4.69) is 11.4 Å². The molecule has 1 saturated heterocycles. The molecule has 2 aromatic rings. The molecule has 0 spiro atoms. The van der Waals surface area contributed by atoms with Gasteiger partial charge in [-0.15, -0.1) is 0 Å². The van der Waals surface area contributed by atoms with Crippen molar-refractivity contribution in [3.05, 3.63) is 52.2 Å². The Morgan fingerprint density at radius 3 is 3.00 bits per heavy atom. The zero-order valence-corrected chi connectivity index (χ0v) is 15.8. The molecule has 1 aliphatic rings. The minimum absolute atomic E-state index is 0.0749. The van der Waals surface area contributed by atoms with Crippen LogP contribution in [0.2, 0.25) is 0 Å².